The highest BCUT2D eigenvalue weighted by molar-refractivity contribution is 5.90. The lowest BCUT2D eigenvalue weighted by Gasteiger charge is -2.32. The zero-order valence-electron chi connectivity index (χ0n) is 22.2. The Morgan fingerprint density at radius 1 is 0.895 bits per heavy atom. The summed E-state index contributed by atoms with van der Waals surface area (Å²) in [6.45, 7) is 8.55. The Bertz CT molecular complexity index is 1690. The van der Waals surface area contributed by atoms with E-state index in [9.17, 15) is 9.59 Å². The first kappa shape index (κ1) is 25.2. The average molecular weight is 505 g/mol. The van der Waals surface area contributed by atoms with Crippen LogP contribution >= 0.6 is 0 Å². The Kier molecular flexibility index (Phi) is 6.97. The van der Waals surface area contributed by atoms with E-state index in [1.807, 2.05) is 98.8 Å². The van der Waals surface area contributed by atoms with Crippen molar-refractivity contribution in [2.45, 2.75) is 33.7 Å². The van der Waals surface area contributed by atoms with Gasteiger partial charge in [0.1, 0.15) is 5.82 Å². The maximum Gasteiger partial charge on any atom is 0.322 e. The smallest absolute Gasteiger partial charge is 0.314 e. The second kappa shape index (κ2) is 10.5. The van der Waals surface area contributed by atoms with Crippen molar-refractivity contribution in [3.63, 3.8) is 0 Å². The molecule has 0 bridgehead atoms. The van der Waals surface area contributed by atoms with Gasteiger partial charge in [0.25, 0.3) is 5.56 Å². The maximum atomic E-state index is 13.9. The van der Waals surface area contributed by atoms with Crippen LogP contribution in [0.25, 0.3) is 27.4 Å². The summed E-state index contributed by atoms with van der Waals surface area (Å²) in [7, 11) is 0. The predicted octanol–water partition coefficient (Wildman–Crippen LogP) is 7.10. The molecule has 5 rings (SSSR count). The number of benzene rings is 4. The third-order valence-electron chi connectivity index (χ3n) is 6.84. The molecule has 38 heavy (non-hydrogen) atoms. The van der Waals surface area contributed by atoms with Crippen LogP contribution in [0, 0.1) is 12.8 Å². The van der Waals surface area contributed by atoms with Crippen LogP contribution in [0.2, 0.25) is 0 Å². The fourth-order valence-corrected chi connectivity index (χ4v) is 4.85. The zero-order chi connectivity index (χ0) is 26.8. The normalized spacial score (nSPS) is 12.1. The van der Waals surface area contributed by atoms with Gasteiger partial charge in [0.2, 0.25) is 0 Å². The van der Waals surface area contributed by atoms with Gasteiger partial charge in [-0.15, -0.1) is 0 Å². The molecule has 1 unspecified atom stereocenters. The molecule has 1 atom stereocenters. The number of anilines is 1. The first-order chi connectivity index (χ1) is 18.3. The second-order valence-electron chi connectivity index (χ2n) is 10.1. The van der Waals surface area contributed by atoms with Crippen LogP contribution in [-0.2, 0) is 0 Å². The van der Waals surface area contributed by atoms with Crippen molar-refractivity contribution in [1.29, 1.82) is 0 Å². The van der Waals surface area contributed by atoms with Gasteiger partial charge in [-0.3, -0.25) is 9.36 Å². The van der Waals surface area contributed by atoms with Gasteiger partial charge in [-0.05, 0) is 66.4 Å². The molecule has 1 aromatic heterocycles. The fraction of sp³-hybridized carbons (Fsp3) is 0.219. The lowest BCUT2D eigenvalue weighted by Crippen LogP contribution is -2.41. The maximum absolute atomic E-state index is 13.9. The van der Waals surface area contributed by atoms with Gasteiger partial charge in [-0.1, -0.05) is 74.5 Å². The highest BCUT2D eigenvalue weighted by Gasteiger charge is 2.28. The summed E-state index contributed by atoms with van der Waals surface area (Å²) in [6, 6.07) is 28.4. The molecule has 192 valence electrons. The van der Waals surface area contributed by atoms with Crippen LogP contribution in [0.5, 0.6) is 0 Å². The number of nitrogens with zero attached hydrogens (tertiary/aromatic N) is 3. The van der Waals surface area contributed by atoms with E-state index in [0.717, 1.165) is 27.7 Å². The summed E-state index contributed by atoms with van der Waals surface area (Å²) >= 11 is 0. The van der Waals surface area contributed by atoms with Crippen molar-refractivity contribution < 1.29 is 4.79 Å². The second-order valence-corrected chi connectivity index (χ2v) is 10.1. The molecule has 5 aromatic rings. The molecule has 0 saturated carbocycles. The van der Waals surface area contributed by atoms with Crippen molar-refractivity contribution in [2.75, 3.05) is 11.9 Å². The van der Waals surface area contributed by atoms with E-state index >= 15 is 0 Å². The van der Waals surface area contributed by atoms with Crippen molar-refractivity contribution in [1.82, 2.24) is 14.5 Å². The molecule has 0 aliphatic heterocycles. The topological polar surface area (TPSA) is 67.2 Å². The minimum atomic E-state index is -0.481. The van der Waals surface area contributed by atoms with E-state index in [1.54, 1.807) is 15.5 Å². The van der Waals surface area contributed by atoms with Gasteiger partial charge in [0, 0.05) is 12.2 Å². The van der Waals surface area contributed by atoms with E-state index in [0.29, 0.717) is 23.3 Å². The number of para-hydroxylation sites is 2. The molecule has 6 heteroatoms. The highest BCUT2D eigenvalue weighted by Crippen LogP contribution is 2.27. The molecular weight excluding hydrogens is 472 g/mol. The van der Waals surface area contributed by atoms with Crippen LogP contribution in [0.1, 0.15) is 38.2 Å². The van der Waals surface area contributed by atoms with Crippen LogP contribution in [-0.4, -0.2) is 27.0 Å². The van der Waals surface area contributed by atoms with Gasteiger partial charge >= 0.3 is 6.03 Å². The van der Waals surface area contributed by atoms with Crippen LogP contribution in [0.4, 0.5) is 10.5 Å². The standard InChI is InChI=1S/C32H32N4O2/c1-21(2)20-35(32(38)34-28-15-9-5-11-22(28)3)23(4)30-33-29-16-10-8-14-27(29)31(37)36(30)26-18-17-24-12-6-7-13-25(24)19-26/h5-19,21,23H,20H2,1-4H3,(H,34,38). The molecule has 0 aliphatic rings. The predicted molar refractivity (Wildman–Crippen MR) is 155 cm³/mol. The molecule has 6 nitrogen and oxygen atoms in total. The molecule has 4 aromatic carbocycles. The van der Waals surface area contributed by atoms with Gasteiger partial charge < -0.3 is 10.2 Å². The summed E-state index contributed by atoms with van der Waals surface area (Å²) in [5.74, 6) is 0.728. The number of amides is 2. The number of nitrogens with one attached hydrogen (secondary N) is 1. The van der Waals surface area contributed by atoms with Crippen molar-refractivity contribution >= 4 is 33.4 Å². The van der Waals surface area contributed by atoms with Gasteiger partial charge in [0.15, 0.2) is 0 Å². The molecular formula is C32H32N4O2. The Morgan fingerprint density at radius 3 is 2.34 bits per heavy atom. The molecule has 0 saturated heterocycles. The van der Waals surface area contributed by atoms with Gasteiger partial charge in [0.05, 0.1) is 22.6 Å². The Labute approximate surface area is 222 Å². The number of aryl methyl sites for hydroxylation is 1. The van der Waals surface area contributed by atoms with Crippen molar-refractivity contribution in [3.05, 3.63) is 113 Å². The highest BCUT2D eigenvalue weighted by atomic mass is 16.2. The van der Waals surface area contributed by atoms with Crippen LogP contribution in [0.15, 0.2) is 95.8 Å². The van der Waals surface area contributed by atoms with E-state index in [2.05, 4.69) is 19.2 Å². The summed E-state index contributed by atoms with van der Waals surface area (Å²) < 4.78 is 1.66. The monoisotopic (exact) mass is 504 g/mol. The largest absolute Gasteiger partial charge is 0.322 e. The van der Waals surface area contributed by atoms with E-state index in [-0.39, 0.29) is 17.5 Å². The van der Waals surface area contributed by atoms with Crippen molar-refractivity contribution in [2.24, 2.45) is 5.92 Å². The SMILES string of the molecule is Cc1ccccc1NC(=O)N(CC(C)C)C(C)c1nc2ccccc2c(=O)n1-c1ccc2ccccc2c1. The molecule has 2 amide bonds. The number of rotatable bonds is 6. The molecule has 1 N–H and O–H groups in total. The average Bonchev–Trinajstić information content (AvgIpc) is 2.92. The summed E-state index contributed by atoms with van der Waals surface area (Å²) in [6.07, 6.45) is 0. The summed E-state index contributed by atoms with van der Waals surface area (Å²) in [5.41, 5.74) is 2.92. The molecule has 0 radical (unpaired) electrons. The molecule has 0 fully saturated rings. The molecule has 1 heterocycles. The molecule has 0 aliphatic carbocycles. The first-order valence-corrected chi connectivity index (χ1v) is 13.0. The number of carbonyl (C=O) groups excluding carboxylic acids is 1. The summed E-state index contributed by atoms with van der Waals surface area (Å²) in [5, 5.41) is 5.73. The Balaban J connectivity index is 1.66. The van der Waals surface area contributed by atoms with E-state index in [4.69, 9.17) is 4.98 Å². The number of hydrogen-bond acceptors (Lipinski definition) is 3. The minimum absolute atomic E-state index is 0.156. The third kappa shape index (κ3) is 4.90. The quantitative estimate of drug-likeness (QED) is 0.268. The lowest BCUT2D eigenvalue weighted by atomic mass is 10.1. The van der Waals surface area contributed by atoms with Crippen LogP contribution < -0.4 is 10.9 Å². The fourth-order valence-electron chi connectivity index (χ4n) is 4.85. The number of aromatic nitrogens is 2. The number of fused-ring (bicyclic) bond motifs is 2. The minimum Gasteiger partial charge on any atom is -0.314 e. The Morgan fingerprint density at radius 2 is 1.58 bits per heavy atom. The summed E-state index contributed by atoms with van der Waals surface area (Å²) in [4.78, 5) is 34.4. The van der Waals surface area contributed by atoms with E-state index < -0.39 is 6.04 Å². The van der Waals surface area contributed by atoms with Gasteiger partial charge in [-0.2, -0.15) is 0 Å². The lowest BCUT2D eigenvalue weighted by molar-refractivity contribution is 0.179. The van der Waals surface area contributed by atoms with Gasteiger partial charge in [-0.25, -0.2) is 9.78 Å². The third-order valence-corrected chi connectivity index (χ3v) is 6.84. The number of hydrogen-bond donors (Lipinski definition) is 1. The zero-order valence-corrected chi connectivity index (χ0v) is 22.2. The van der Waals surface area contributed by atoms with Crippen molar-refractivity contribution in [3.8, 4) is 5.69 Å². The Hall–Kier alpha value is -4.45. The number of carbonyl (C=O) groups is 1. The number of urea groups is 1. The first-order valence-electron chi connectivity index (χ1n) is 13.0. The molecule has 0 spiro atoms. The van der Waals surface area contributed by atoms with Crippen LogP contribution in [0.3, 0.4) is 0 Å². The van der Waals surface area contributed by atoms with E-state index in [1.165, 1.54) is 0 Å².